The highest BCUT2D eigenvalue weighted by Crippen LogP contribution is 2.23. The zero-order chi connectivity index (χ0) is 15.2. The molecule has 1 amide bonds. The van der Waals surface area contributed by atoms with Crippen LogP contribution < -0.4 is 10.1 Å². The van der Waals surface area contributed by atoms with Crippen LogP contribution in [-0.2, 0) is 6.42 Å². The lowest BCUT2D eigenvalue weighted by atomic mass is 10.2. The highest BCUT2D eigenvalue weighted by atomic mass is 32.1. The van der Waals surface area contributed by atoms with Crippen LogP contribution >= 0.6 is 11.3 Å². The van der Waals surface area contributed by atoms with E-state index >= 15 is 0 Å². The minimum atomic E-state index is -0.103. The Bertz CT molecular complexity index is 669. The minimum absolute atomic E-state index is 0.0139. The van der Waals surface area contributed by atoms with Gasteiger partial charge in [-0.05, 0) is 49.2 Å². The fraction of sp³-hybridized carbons (Fsp3) is 0.250. The van der Waals surface area contributed by atoms with E-state index in [0.717, 1.165) is 6.42 Å². The number of nitrogens with one attached hydrogen (secondary N) is 1. The number of anilines is 1. The molecular weight excluding hydrogens is 284 g/mol. The summed E-state index contributed by atoms with van der Waals surface area (Å²) in [6.07, 6.45) is 0.931. The molecule has 2 aromatic rings. The first kappa shape index (κ1) is 15.1. The van der Waals surface area contributed by atoms with E-state index in [1.807, 2.05) is 19.1 Å². The first-order valence-electron chi connectivity index (χ1n) is 6.64. The lowest BCUT2D eigenvalue weighted by molar-refractivity contribution is 0.103. The summed E-state index contributed by atoms with van der Waals surface area (Å²) in [6.45, 7) is 4.12. The van der Waals surface area contributed by atoms with Crippen molar-refractivity contribution >= 4 is 22.9 Å². The van der Waals surface area contributed by atoms with Crippen molar-refractivity contribution in [2.24, 2.45) is 0 Å². The fourth-order valence-corrected chi connectivity index (χ4v) is 2.93. The van der Waals surface area contributed by atoms with Gasteiger partial charge in [-0.1, -0.05) is 6.92 Å². The lowest BCUT2D eigenvalue weighted by Crippen LogP contribution is -2.10. The molecule has 21 heavy (non-hydrogen) atoms. The van der Waals surface area contributed by atoms with Crippen molar-refractivity contribution in [2.45, 2.75) is 20.3 Å². The lowest BCUT2D eigenvalue weighted by Gasteiger charge is -2.05. The van der Waals surface area contributed by atoms with E-state index in [9.17, 15) is 4.79 Å². The molecule has 5 heteroatoms. The number of amides is 1. The molecule has 0 saturated heterocycles. The normalized spacial score (nSPS) is 9.95. The Morgan fingerprint density at radius 1 is 1.38 bits per heavy atom. The number of ether oxygens (including phenoxy) is 1. The van der Waals surface area contributed by atoms with E-state index in [1.165, 1.54) is 21.8 Å². The number of carbonyl (C=O) groups is 1. The molecule has 0 saturated carbocycles. The maximum atomic E-state index is 12.2. The Kier molecular flexibility index (Phi) is 4.96. The smallest absolute Gasteiger partial charge is 0.265 e. The third-order valence-corrected chi connectivity index (χ3v) is 4.13. The Morgan fingerprint density at radius 2 is 2.10 bits per heavy atom. The summed E-state index contributed by atoms with van der Waals surface area (Å²) >= 11 is 1.51. The minimum Gasteiger partial charge on any atom is -0.479 e. The van der Waals surface area contributed by atoms with E-state index < -0.39 is 0 Å². The van der Waals surface area contributed by atoms with Crippen LogP contribution in [0.1, 0.15) is 27.0 Å². The van der Waals surface area contributed by atoms with Gasteiger partial charge in [-0.25, -0.2) is 0 Å². The van der Waals surface area contributed by atoms with Gasteiger partial charge >= 0.3 is 0 Å². The molecule has 2 rings (SSSR count). The Labute approximate surface area is 128 Å². The molecule has 1 heterocycles. The number of nitrogens with zero attached hydrogens (tertiary/aromatic N) is 1. The first-order valence-corrected chi connectivity index (χ1v) is 7.46. The summed E-state index contributed by atoms with van der Waals surface area (Å²) < 4.78 is 5.16. The van der Waals surface area contributed by atoms with Crippen molar-refractivity contribution in [2.75, 3.05) is 11.9 Å². The fourth-order valence-electron chi connectivity index (χ4n) is 1.93. The van der Waals surface area contributed by atoms with Gasteiger partial charge in [0.25, 0.3) is 5.91 Å². The van der Waals surface area contributed by atoms with Crippen LogP contribution in [0.2, 0.25) is 0 Å². The number of nitriles is 1. The molecule has 0 aliphatic carbocycles. The molecule has 0 radical (unpaired) electrons. The highest BCUT2D eigenvalue weighted by Gasteiger charge is 2.11. The molecule has 4 nitrogen and oxygen atoms in total. The van der Waals surface area contributed by atoms with Gasteiger partial charge in [0, 0.05) is 10.6 Å². The van der Waals surface area contributed by atoms with Crippen LogP contribution in [0, 0.1) is 18.3 Å². The van der Waals surface area contributed by atoms with Gasteiger partial charge in [0.05, 0.1) is 4.88 Å². The maximum Gasteiger partial charge on any atom is 0.265 e. The molecule has 1 N–H and O–H groups in total. The topological polar surface area (TPSA) is 62.1 Å². The van der Waals surface area contributed by atoms with E-state index in [4.69, 9.17) is 10.00 Å². The first-order chi connectivity index (χ1) is 10.1. The van der Waals surface area contributed by atoms with Gasteiger partial charge < -0.3 is 10.1 Å². The molecule has 0 aliphatic heterocycles. The molecule has 0 spiro atoms. The summed E-state index contributed by atoms with van der Waals surface area (Å²) in [4.78, 5) is 14.1. The predicted molar refractivity (Wildman–Crippen MR) is 83.9 cm³/mol. The van der Waals surface area contributed by atoms with E-state index in [2.05, 4.69) is 12.2 Å². The summed E-state index contributed by atoms with van der Waals surface area (Å²) in [5.41, 5.74) is 1.92. The van der Waals surface area contributed by atoms with E-state index in [0.29, 0.717) is 16.3 Å². The quantitative estimate of drug-likeness (QED) is 0.914. The Balaban J connectivity index is 2.03. The van der Waals surface area contributed by atoms with Crippen molar-refractivity contribution in [1.82, 2.24) is 0 Å². The Morgan fingerprint density at radius 3 is 2.67 bits per heavy atom. The van der Waals surface area contributed by atoms with Crippen molar-refractivity contribution in [3.05, 3.63) is 45.6 Å². The van der Waals surface area contributed by atoms with Crippen LogP contribution in [0.4, 0.5) is 5.69 Å². The largest absolute Gasteiger partial charge is 0.479 e. The van der Waals surface area contributed by atoms with Crippen LogP contribution in [0.25, 0.3) is 0 Å². The number of thiophene rings is 1. The highest BCUT2D eigenvalue weighted by molar-refractivity contribution is 7.14. The van der Waals surface area contributed by atoms with Crippen LogP contribution in [0.3, 0.4) is 0 Å². The van der Waals surface area contributed by atoms with Crippen molar-refractivity contribution in [3.8, 4) is 11.8 Å². The maximum absolute atomic E-state index is 12.2. The van der Waals surface area contributed by atoms with E-state index in [1.54, 1.807) is 24.3 Å². The standard InChI is InChI=1S/C16H16N2O2S/c1-3-12-10-15(21-11(12)2)16(19)18-13-4-6-14(7-5-13)20-9-8-17/h4-7,10H,3,9H2,1-2H3,(H,18,19). The molecule has 1 aromatic carbocycles. The average molecular weight is 300 g/mol. The Hall–Kier alpha value is -2.32. The zero-order valence-electron chi connectivity index (χ0n) is 12.0. The van der Waals surface area contributed by atoms with Crippen LogP contribution in [-0.4, -0.2) is 12.5 Å². The van der Waals surface area contributed by atoms with Crippen LogP contribution in [0.5, 0.6) is 5.75 Å². The molecule has 0 unspecified atom stereocenters. The number of aryl methyl sites for hydroxylation is 2. The number of rotatable bonds is 5. The molecule has 108 valence electrons. The second-order valence-electron chi connectivity index (χ2n) is 4.47. The van der Waals surface area contributed by atoms with Gasteiger partial charge in [0.15, 0.2) is 6.61 Å². The van der Waals surface area contributed by atoms with Gasteiger partial charge in [0.2, 0.25) is 0 Å². The molecule has 0 aliphatic rings. The summed E-state index contributed by atoms with van der Waals surface area (Å²) in [7, 11) is 0. The molecule has 0 atom stereocenters. The average Bonchev–Trinajstić information content (AvgIpc) is 2.88. The number of benzene rings is 1. The number of carbonyl (C=O) groups excluding carboxylic acids is 1. The summed E-state index contributed by atoms with van der Waals surface area (Å²) in [6, 6.07) is 10.8. The third-order valence-electron chi connectivity index (χ3n) is 3.04. The zero-order valence-corrected chi connectivity index (χ0v) is 12.8. The van der Waals surface area contributed by atoms with Crippen molar-refractivity contribution in [1.29, 1.82) is 5.26 Å². The predicted octanol–water partition coefficient (Wildman–Crippen LogP) is 3.77. The molecular formula is C16H16N2O2S. The molecule has 1 aromatic heterocycles. The van der Waals surface area contributed by atoms with Gasteiger partial charge in [0.1, 0.15) is 11.8 Å². The second kappa shape index (κ2) is 6.91. The summed E-state index contributed by atoms with van der Waals surface area (Å²) in [5, 5.41) is 11.3. The van der Waals surface area contributed by atoms with E-state index in [-0.39, 0.29) is 12.5 Å². The molecule has 0 fully saturated rings. The number of hydrogen-bond donors (Lipinski definition) is 1. The third kappa shape index (κ3) is 3.83. The van der Waals surface area contributed by atoms with Crippen LogP contribution in [0.15, 0.2) is 30.3 Å². The van der Waals surface area contributed by atoms with Crippen molar-refractivity contribution < 1.29 is 9.53 Å². The number of hydrogen-bond acceptors (Lipinski definition) is 4. The summed E-state index contributed by atoms with van der Waals surface area (Å²) in [5.74, 6) is 0.503. The second-order valence-corrected chi connectivity index (χ2v) is 5.73. The van der Waals surface area contributed by atoms with Gasteiger partial charge in [-0.2, -0.15) is 5.26 Å². The SMILES string of the molecule is CCc1cc(C(=O)Nc2ccc(OCC#N)cc2)sc1C. The van der Waals surface area contributed by atoms with Gasteiger partial charge in [-0.3, -0.25) is 4.79 Å². The van der Waals surface area contributed by atoms with Crippen molar-refractivity contribution in [3.63, 3.8) is 0 Å². The van der Waals surface area contributed by atoms with Gasteiger partial charge in [-0.15, -0.1) is 11.3 Å². The monoisotopic (exact) mass is 300 g/mol. The molecule has 0 bridgehead atoms.